The molecule has 0 aromatic carbocycles. The molecule has 0 aliphatic carbocycles. The number of rotatable bonds is 3. The molecule has 0 saturated carbocycles. The molecule has 0 N–H and O–H groups in total. The van der Waals surface area contributed by atoms with Gasteiger partial charge in [-0.15, -0.1) is 0 Å². The lowest BCUT2D eigenvalue weighted by molar-refractivity contribution is 0.0220. The van der Waals surface area contributed by atoms with E-state index in [0.717, 1.165) is 38.3 Å². The fraction of sp³-hybridized carbons (Fsp3) is 0.917. The first-order valence-corrected chi connectivity index (χ1v) is 6.79. The molecule has 1 heterocycles. The van der Waals surface area contributed by atoms with Crippen LogP contribution in [0.2, 0.25) is 6.04 Å². The highest BCUT2D eigenvalue weighted by molar-refractivity contribution is 6.08. The van der Waals surface area contributed by atoms with Gasteiger partial charge in [-0.2, -0.15) is 0 Å². The Morgan fingerprint density at radius 3 is 2.75 bits per heavy atom. The fourth-order valence-corrected chi connectivity index (χ4v) is 2.24. The summed E-state index contributed by atoms with van der Waals surface area (Å²) in [5.41, 5.74) is -0.390. The van der Waals surface area contributed by atoms with Gasteiger partial charge in [0.05, 0.1) is 0 Å². The van der Waals surface area contributed by atoms with Crippen LogP contribution in [0.4, 0.5) is 4.79 Å². The van der Waals surface area contributed by atoms with Crippen molar-refractivity contribution >= 4 is 16.3 Å². The van der Waals surface area contributed by atoms with Gasteiger partial charge in [-0.25, -0.2) is 4.79 Å². The van der Waals surface area contributed by atoms with Crippen LogP contribution in [0.3, 0.4) is 0 Å². The minimum absolute atomic E-state index is 0.149. The molecule has 4 heteroatoms. The van der Waals surface area contributed by atoms with Crippen LogP contribution in [-0.2, 0) is 4.74 Å². The molecule has 1 aliphatic heterocycles. The van der Waals surface area contributed by atoms with E-state index in [1.165, 1.54) is 0 Å². The van der Waals surface area contributed by atoms with Crippen LogP contribution in [0.5, 0.6) is 0 Å². The lowest BCUT2D eigenvalue weighted by atomic mass is 10.1. The summed E-state index contributed by atoms with van der Waals surface area (Å²) in [6, 6.07) is 1.38. The summed E-state index contributed by atoms with van der Waals surface area (Å²) in [6.07, 6.45) is 4.25. The number of carbonyl (C=O) groups is 1. The molecule has 0 aromatic rings. The summed E-state index contributed by atoms with van der Waals surface area (Å²) < 4.78 is 5.41. The third-order valence-electron chi connectivity index (χ3n) is 2.72. The molecule has 3 radical (unpaired) electrons. The van der Waals surface area contributed by atoms with Crippen LogP contribution in [0.15, 0.2) is 0 Å². The highest BCUT2D eigenvalue weighted by atomic mass is 28.1. The van der Waals surface area contributed by atoms with Crippen LogP contribution in [-0.4, -0.2) is 39.4 Å². The van der Waals surface area contributed by atoms with E-state index < -0.39 is 0 Å². The second kappa shape index (κ2) is 5.71. The Bertz CT molecular complexity index is 238. The quantitative estimate of drug-likeness (QED) is 0.710. The zero-order chi connectivity index (χ0) is 12.2. The summed E-state index contributed by atoms with van der Waals surface area (Å²) in [4.78, 5) is 13.8. The Balaban J connectivity index is 2.47. The van der Waals surface area contributed by atoms with Crippen molar-refractivity contribution in [3.63, 3.8) is 0 Å². The van der Waals surface area contributed by atoms with Crippen molar-refractivity contribution in [3.8, 4) is 0 Å². The molecule has 0 bridgehead atoms. The summed E-state index contributed by atoms with van der Waals surface area (Å²) in [6.45, 7) is 6.58. The van der Waals surface area contributed by atoms with Crippen molar-refractivity contribution in [3.05, 3.63) is 0 Å². The van der Waals surface area contributed by atoms with Gasteiger partial charge in [-0.3, -0.25) is 0 Å². The molecule has 1 saturated heterocycles. The molecular weight excluding hydrogens is 218 g/mol. The number of hydrogen-bond donors (Lipinski definition) is 0. The topological polar surface area (TPSA) is 29.5 Å². The maximum Gasteiger partial charge on any atom is 0.410 e. The van der Waals surface area contributed by atoms with E-state index in [1.807, 2.05) is 25.7 Å². The standard InChI is InChI=1S/C12H22NO2Si/c1-12(2,3)15-11(14)13-8-4-6-10(13)7-5-9-16/h10H,4-9H2,1-3H3. The van der Waals surface area contributed by atoms with E-state index in [-0.39, 0.29) is 11.7 Å². The number of amides is 1. The Morgan fingerprint density at radius 2 is 2.19 bits per heavy atom. The molecule has 91 valence electrons. The van der Waals surface area contributed by atoms with E-state index in [0.29, 0.717) is 6.04 Å². The predicted octanol–water partition coefficient (Wildman–Crippen LogP) is 2.75. The number of nitrogens with zero attached hydrogens (tertiary/aromatic N) is 1. The van der Waals surface area contributed by atoms with Crippen molar-refractivity contribution in [2.75, 3.05) is 6.54 Å². The molecule has 16 heavy (non-hydrogen) atoms. The highest BCUT2D eigenvalue weighted by Gasteiger charge is 2.31. The zero-order valence-corrected chi connectivity index (χ0v) is 11.6. The van der Waals surface area contributed by atoms with E-state index >= 15 is 0 Å². The largest absolute Gasteiger partial charge is 0.444 e. The minimum atomic E-state index is -0.390. The summed E-state index contributed by atoms with van der Waals surface area (Å²) in [7, 11) is 3.47. The Labute approximate surface area is 102 Å². The van der Waals surface area contributed by atoms with Crippen molar-refractivity contribution in [1.82, 2.24) is 4.90 Å². The van der Waals surface area contributed by atoms with Crippen molar-refractivity contribution < 1.29 is 9.53 Å². The molecule has 1 atom stereocenters. The highest BCUT2D eigenvalue weighted by Crippen LogP contribution is 2.24. The number of likely N-dealkylation sites (tertiary alicyclic amines) is 1. The fourth-order valence-electron chi connectivity index (χ4n) is 2.03. The second-order valence-electron chi connectivity index (χ2n) is 5.36. The Kier molecular flexibility index (Phi) is 4.83. The summed E-state index contributed by atoms with van der Waals surface area (Å²) in [5.74, 6) is 0. The number of carbonyl (C=O) groups excluding carboxylic acids is 1. The van der Waals surface area contributed by atoms with Gasteiger partial charge in [0.25, 0.3) is 0 Å². The lowest BCUT2D eigenvalue weighted by Gasteiger charge is -2.28. The van der Waals surface area contributed by atoms with Gasteiger partial charge < -0.3 is 9.64 Å². The number of hydrogen-bond acceptors (Lipinski definition) is 2. The maximum atomic E-state index is 11.9. The maximum absolute atomic E-state index is 11.9. The summed E-state index contributed by atoms with van der Waals surface area (Å²) in [5, 5.41) is 0. The van der Waals surface area contributed by atoms with E-state index in [1.54, 1.807) is 0 Å². The normalized spacial score (nSPS) is 21.2. The van der Waals surface area contributed by atoms with Gasteiger partial charge in [0.2, 0.25) is 0 Å². The zero-order valence-electron chi connectivity index (χ0n) is 10.6. The third kappa shape index (κ3) is 4.16. The molecule has 1 aliphatic rings. The smallest absolute Gasteiger partial charge is 0.410 e. The summed E-state index contributed by atoms with van der Waals surface area (Å²) >= 11 is 0. The van der Waals surface area contributed by atoms with Gasteiger partial charge in [0.1, 0.15) is 5.60 Å². The van der Waals surface area contributed by atoms with Crippen LogP contribution in [0.25, 0.3) is 0 Å². The minimum Gasteiger partial charge on any atom is -0.444 e. The molecule has 1 amide bonds. The Hall–Kier alpha value is -0.513. The molecule has 3 nitrogen and oxygen atoms in total. The van der Waals surface area contributed by atoms with E-state index in [4.69, 9.17) is 4.74 Å². The monoisotopic (exact) mass is 240 g/mol. The molecule has 1 unspecified atom stereocenters. The van der Waals surface area contributed by atoms with Gasteiger partial charge in [-0.1, -0.05) is 12.5 Å². The molecule has 0 aromatic heterocycles. The molecular formula is C12H22NO2Si. The molecule has 1 fully saturated rings. The SMILES string of the molecule is CC(C)(C)OC(=O)N1CCCC1CCC[Si]. The van der Waals surface area contributed by atoms with Gasteiger partial charge in [0, 0.05) is 22.8 Å². The second-order valence-corrected chi connectivity index (χ2v) is 5.86. The van der Waals surface area contributed by atoms with E-state index in [9.17, 15) is 4.79 Å². The average Bonchev–Trinajstić information content (AvgIpc) is 2.59. The Morgan fingerprint density at radius 1 is 1.50 bits per heavy atom. The van der Waals surface area contributed by atoms with Crippen LogP contribution in [0.1, 0.15) is 46.5 Å². The van der Waals surface area contributed by atoms with Gasteiger partial charge in [-0.05, 0) is 40.0 Å². The van der Waals surface area contributed by atoms with E-state index in [2.05, 4.69) is 10.2 Å². The predicted molar refractivity (Wildman–Crippen MR) is 65.8 cm³/mol. The van der Waals surface area contributed by atoms with Gasteiger partial charge in [0.15, 0.2) is 0 Å². The van der Waals surface area contributed by atoms with Crippen molar-refractivity contribution in [2.24, 2.45) is 0 Å². The molecule has 1 rings (SSSR count). The van der Waals surface area contributed by atoms with Crippen molar-refractivity contribution in [2.45, 2.75) is 64.1 Å². The van der Waals surface area contributed by atoms with Crippen LogP contribution < -0.4 is 0 Å². The number of ether oxygens (including phenoxy) is 1. The van der Waals surface area contributed by atoms with Crippen molar-refractivity contribution in [1.29, 1.82) is 0 Å². The van der Waals surface area contributed by atoms with Crippen LogP contribution in [0, 0.1) is 0 Å². The lowest BCUT2D eigenvalue weighted by Crippen LogP contribution is -2.39. The first-order chi connectivity index (χ1) is 7.44. The van der Waals surface area contributed by atoms with Gasteiger partial charge >= 0.3 is 6.09 Å². The van der Waals surface area contributed by atoms with Crippen LogP contribution >= 0.6 is 0 Å². The third-order valence-corrected chi connectivity index (χ3v) is 3.07. The average molecular weight is 240 g/mol. The first kappa shape index (κ1) is 13.6. The molecule has 0 spiro atoms. The first-order valence-electron chi connectivity index (χ1n) is 6.08.